The highest BCUT2D eigenvalue weighted by molar-refractivity contribution is 7.91. The van der Waals surface area contributed by atoms with Gasteiger partial charge in [-0.15, -0.1) is 11.3 Å². The van der Waals surface area contributed by atoms with Crippen LogP contribution in [-0.2, 0) is 21.4 Å². The van der Waals surface area contributed by atoms with Crippen LogP contribution < -0.4 is 4.72 Å². The maximum absolute atomic E-state index is 12.8. The largest absolute Gasteiger partial charge is 0.337 e. The first-order valence-electron chi connectivity index (χ1n) is 8.85. The van der Waals surface area contributed by atoms with Crippen LogP contribution in [-0.4, -0.2) is 31.8 Å². The Morgan fingerprint density at radius 2 is 2.07 bits per heavy atom. The number of sulfonamides is 1. The van der Waals surface area contributed by atoms with Gasteiger partial charge in [-0.05, 0) is 53.8 Å². The molecule has 0 radical (unpaired) electrons. The van der Waals surface area contributed by atoms with Crippen molar-refractivity contribution in [1.82, 2.24) is 9.62 Å². The first-order chi connectivity index (χ1) is 13.9. The summed E-state index contributed by atoms with van der Waals surface area (Å²) in [6, 6.07) is 15.1. The Kier molecular flexibility index (Phi) is 5.32. The van der Waals surface area contributed by atoms with E-state index in [4.69, 9.17) is 16.9 Å². The van der Waals surface area contributed by atoms with Crippen molar-refractivity contribution in [2.24, 2.45) is 0 Å². The number of amides is 1. The topological polar surface area (TPSA) is 90.3 Å². The van der Waals surface area contributed by atoms with E-state index in [2.05, 4.69) is 10.8 Å². The van der Waals surface area contributed by atoms with Crippen molar-refractivity contribution in [3.8, 4) is 6.07 Å². The molecule has 0 spiro atoms. The third-order valence-corrected chi connectivity index (χ3v) is 8.04. The number of hydrogen-bond acceptors (Lipinski definition) is 5. The zero-order valence-electron chi connectivity index (χ0n) is 15.1. The molecule has 1 aliphatic heterocycles. The lowest BCUT2D eigenvalue weighted by Gasteiger charge is -2.17. The van der Waals surface area contributed by atoms with Crippen molar-refractivity contribution in [2.45, 2.75) is 23.2 Å². The molecule has 4 rings (SSSR count). The number of carbonyl (C=O) groups excluding carboxylic acids is 1. The monoisotopic (exact) mass is 445 g/mol. The lowest BCUT2D eigenvalue weighted by molar-refractivity contribution is -0.129. The molecule has 3 aromatic rings. The van der Waals surface area contributed by atoms with Crippen molar-refractivity contribution in [1.29, 1.82) is 5.26 Å². The van der Waals surface area contributed by atoms with Crippen LogP contribution in [0.4, 0.5) is 0 Å². The second-order valence-electron chi connectivity index (χ2n) is 6.78. The standard InChI is InChI=1S/C20H16ClN3O3S2/c21-16-4-5-18-15(9-16)10-19(28-18)29(26,27)23-17-6-7-24(20(17)25)12-14-3-1-2-13(8-14)11-22/h1-5,8-10,17,23H,6-7,12H2. The van der Waals surface area contributed by atoms with E-state index in [1.165, 1.54) is 0 Å². The number of halogens is 1. The lowest BCUT2D eigenvalue weighted by atomic mass is 10.1. The average Bonchev–Trinajstić information content (AvgIpc) is 3.27. The van der Waals surface area contributed by atoms with Crippen molar-refractivity contribution in [3.63, 3.8) is 0 Å². The van der Waals surface area contributed by atoms with Crippen LogP contribution in [0.1, 0.15) is 17.5 Å². The molecule has 9 heteroatoms. The van der Waals surface area contributed by atoms with E-state index in [9.17, 15) is 13.2 Å². The van der Waals surface area contributed by atoms with Gasteiger partial charge in [0.25, 0.3) is 10.0 Å². The lowest BCUT2D eigenvalue weighted by Crippen LogP contribution is -2.41. The van der Waals surface area contributed by atoms with Crippen molar-refractivity contribution >= 4 is 49.0 Å². The highest BCUT2D eigenvalue weighted by atomic mass is 35.5. The Balaban J connectivity index is 1.48. The third-order valence-electron chi connectivity index (χ3n) is 4.74. The summed E-state index contributed by atoms with van der Waals surface area (Å²) in [5.74, 6) is -0.264. The maximum Gasteiger partial charge on any atom is 0.250 e. The van der Waals surface area contributed by atoms with E-state index >= 15 is 0 Å². The fourth-order valence-corrected chi connectivity index (χ4v) is 6.13. The van der Waals surface area contributed by atoms with Crippen LogP contribution in [0.15, 0.2) is 52.7 Å². The predicted octanol–water partition coefficient (Wildman–Crippen LogP) is 3.51. The van der Waals surface area contributed by atoms with E-state index in [1.807, 2.05) is 6.07 Å². The number of likely N-dealkylation sites (tertiary alicyclic amines) is 1. The molecule has 1 aliphatic rings. The Morgan fingerprint density at radius 3 is 2.86 bits per heavy atom. The summed E-state index contributed by atoms with van der Waals surface area (Å²) in [4.78, 5) is 14.3. The van der Waals surface area contributed by atoms with E-state index in [0.717, 1.165) is 27.0 Å². The predicted molar refractivity (Wildman–Crippen MR) is 112 cm³/mol. The Hall–Kier alpha value is -2.44. The van der Waals surface area contributed by atoms with Crippen LogP contribution >= 0.6 is 22.9 Å². The second kappa shape index (κ2) is 7.76. The molecule has 1 atom stereocenters. The molecule has 1 unspecified atom stereocenters. The maximum atomic E-state index is 12.8. The molecule has 29 heavy (non-hydrogen) atoms. The van der Waals surface area contributed by atoms with Crippen LogP contribution in [0.3, 0.4) is 0 Å². The number of benzene rings is 2. The molecule has 2 heterocycles. The molecule has 1 N–H and O–H groups in total. The second-order valence-corrected chi connectivity index (χ2v) is 10.2. The Bertz CT molecular complexity index is 1250. The highest BCUT2D eigenvalue weighted by Gasteiger charge is 2.35. The minimum Gasteiger partial charge on any atom is -0.337 e. The van der Waals surface area contributed by atoms with Crippen molar-refractivity contribution in [3.05, 3.63) is 64.7 Å². The number of nitrogens with zero attached hydrogens (tertiary/aromatic N) is 2. The fraction of sp³-hybridized carbons (Fsp3) is 0.200. The normalized spacial score (nSPS) is 17.0. The van der Waals surface area contributed by atoms with Gasteiger partial charge in [0.05, 0.1) is 11.6 Å². The van der Waals surface area contributed by atoms with Gasteiger partial charge in [-0.3, -0.25) is 4.79 Å². The molecule has 148 valence electrons. The minimum atomic E-state index is -3.82. The van der Waals surface area contributed by atoms with Gasteiger partial charge in [0.1, 0.15) is 10.3 Å². The van der Waals surface area contributed by atoms with Crippen LogP contribution in [0.25, 0.3) is 10.1 Å². The van der Waals surface area contributed by atoms with E-state index in [-0.39, 0.29) is 10.1 Å². The van der Waals surface area contributed by atoms with Gasteiger partial charge in [-0.2, -0.15) is 9.98 Å². The van der Waals surface area contributed by atoms with Crippen LogP contribution in [0.2, 0.25) is 5.02 Å². The summed E-state index contributed by atoms with van der Waals surface area (Å²) in [6.07, 6.45) is 0.396. The number of nitrogens with one attached hydrogen (secondary N) is 1. The van der Waals surface area contributed by atoms with Crippen molar-refractivity contribution < 1.29 is 13.2 Å². The molecule has 0 aliphatic carbocycles. The summed E-state index contributed by atoms with van der Waals surface area (Å²) in [5, 5.41) is 10.3. The zero-order valence-corrected chi connectivity index (χ0v) is 17.5. The molecule has 1 fully saturated rings. The van der Waals surface area contributed by atoms with Gasteiger partial charge in [0, 0.05) is 22.8 Å². The Morgan fingerprint density at radius 1 is 1.24 bits per heavy atom. The fourth-order valence-electron chi connectivity index (χ4n) is 3.33. The third kappa shape index (κ3) is 4.14. The first kappa shape index (κ1) is 19.9. The van der Waals surface area contributed by atoms with Gasteiger partial charge in [-0.25, -0.2) is 8.42 Å². The molecular weight excluding hydrogens is 430 g/mol. The molecule has 0 bridgehead atoms. The summed E-state index contributed by atoms with van der Waals surface area (Å²) in [5.41, 5.74) is 1.36. The Labute approximate surface area is 177 Å². The average molecular weight is 446 g/mol. The van der Waals surface area contributed by atoms with Gasteiger partial charge in [-0.1, -0.05) is 23.7 Å². The number of nitriles is 1. The summed E-state index contributed by atoms with van der Waals surface area (Å²) < 4.78 is 29.1. The molecule has 2 aromatic carbocycles. The first-order valence-corrected chi connectivity index (χ1v) is 11.5. The summed E-state index contributed by atoms with van der Waals surface area (Å²) in [7, 11) is -3.82. The molecule has 6 nitrogen and oxygen atoms in total. The van der Waals surface area contributed by atoms with E-state index < -0.39 is 16.1 Å². The van der Waals surface area contributed by atoms with Gasteiger partial charge in [0.2, 0.25) is 5.91 Å². The molecule has 0 saturated carbocycles. The smallest absolute Gasteiger partial charge is 0.250 e. The number of rotatable bonds is 5. The summed E-state index contributed by atoms with van der Waals surface area (Å²) >= 11 is 7.11. The van der Waals surface area contributed by atoms with Crippen LogP contribution in [0.5, 0.6) is 0 Å². The highest BCUT2D eigenvalue weighted by Crippen LogP contribution is 2.31. The number of fused-ring (bicyclic) bond motifs is 1. The van der Waals surface area contributed by atoms with Crippen LogP contribution in [0, 0.1) is 11.3 Å². The molecule has 1 aromatic heterocycles. The van der Waals surface area contributed by atoms with Gasteiger partial charge < -0.3 is 4.90 Å². The number of hydrogen-bond donors (Lipinski definition) is 1. The minimum absolute atomic E-state index is 0.155. The van der Waals surface area contributed by atoms with E-state index in [1.54, 1.807) is 47.4 Å². The quantitative estimate of drug-likeness (QED) is 0.650. The molecular formula is C20H16ClN3O3S2. The van der Waals surface area contributed by atoms with Gasteiger partial charge in [0.15, 0.2) is 0 Å². The van der Waals surface area contributed by atoms with Crippen molar-refractivity contribution in [2.75, 3.05) is 6.54 Å². The number of carbonyl (C=O) groups is 1. The molecule has 1 saturated heterocycles. The zero-order chi connectivity index (χ0) is 20.6. The SMILES string of the molecule is N#Cc1cccc(CN2CCC(NS(=O)(=O)c3cc4cc(Cl)ccc4s3)C2=O)c1. The molecule has 1 amide bonds. The van der Waals surface area contributed by atoms with E-state index in [0.29, 0.717) is 30.1 Å². The number of thiophene rings is 1. The van der Waals surface area contributed by atoms with Gasteiger partial charge >= 0.3 is 0 Å². The summed E-state index contributed by atoms with van der Waals surface area (Å²) in [6.45, 7) is 0.790.